The van der Waals surface area contributed by atoms with Gasteiger partial charge in [0.15, 0.2) is 0 Å². The van der Waals surface area contributed by atoms with Gasteiger partial charge < -0.3 is 10.2 Å². The van der Waals surface area contributed by atoms with Crippen molar-refractivity contribution in [3.63, 3.8) is 0 Å². The quantitative estimate of drug-likeness (QED) is 0.458. The Morgan fingerprint density at radius 1 is 1.00 bits per heavy atom. The van der Waals surface area contributed by atoms with Crippen LogP contribution in [0.4, 0.5) is 0 Å². The fraction of sp³-hybridized carbons (Fsp3) is 0.462. The highest BCUT2D eigenvalue weighted by Crippen LogP contribution is 2.18. The highest BCUT2D eigenvalue weighted by Gasteiger charge is 2.26. The predicted molar refractivity (Wildman–Crippen MR) is 131 cm³/mol. The van der Waals surface area contributed by atoms with E-state index in [1.807, 2.05) is 45.0 Å². The van der Waals surface area contributed by atoms with Gasteiger partial charge >= 0.3 is 0 Å². The SMILES string of the molecule is CC[C@H](C)NC(=O)[C@@H](C)N(Cc1cccc(Br)c1)C(=O)CCc1ccc(C(C)C)cc1. The third-order valence-corrected chi connectivity index (χ3v) is 6.18. The minimum Gasteiger partial charge on any atom is -0.352 e. The van der Waals surface area contributed by atoms with Crippen LogP contribution < -0.4 is 5.32 Å². The van der Waals surface area contributed by atoms with E-state index in [0.717, 1.165) is 22.0 Å². The summed E-state index contributed by atoms with van der Waals surface area (Å²) in [7, 11) is 0. The summed E-state index contributed by atoms with van der Waals surface area (Å²) in [6, 6.07) is 15.9. The molecule has 2 rings (SSSR count). The summed E-state index contributed by atoms with van der Waals surface area (Å²) in [6.45, 7) is 10.6. The lowest BCUT2D eigenvalue weighted by Gasteiger charge is -2.30. The van der Waals surface area contributed by atoms with Gasteiger partial charge in [-0.1, -0.05) is 73.1 Å². The topological polar surface area (TPSA) is 49.4 Å². The molecule has 2 aromatic carbocycles. The normalized spacial score (nSPS) is 13.0. The van der Waals surface area contributed by atoms with Crippen LogP contribution >= 0.6 is 15.9 Å². The maximum Gasteiger partial charge on any atom is 0.242 e. The molecule has 0 saturated heterocycles. The van der Waals surface area contributed by atoms with E-state index in [2.05, 4.69) is 59.4 Å². The molecular formula is C26H35BrN2O2. The van der Waals surface area contributed by atoms with Crippen LogP contribution in [0.3, 0.4) is 0 Å². The molecule has 5 heteroatoms. The van der Waals surface area contributed by atoms with Crippen LogP contribution in [-0.4, -0.2) is 28.8 Å². The first-order valence-electron chi connectivity index (χ1n) is 11.1. The first-order chi connectivity index (χ1) is 14.7. The number of rotatable bonds is 10. The zero-order valence-electron chi connectivity index (χ0n) is 19.3. The maximum atomic E-state index is 13.2. The molecule has 0 spiro atoms. The summed E-state index contributed by atoms with van der Waals surface area (Å²) in [5, 5.41) is 3.01. The van der Waals surface area contributed by atoms with Gasteiger partial charge in [-0.3, -0.25) is 9.59 Å². The molecule has 31 heavy (non-hydrogen) atoms. The highest BCUT2D eigenvalue weighted by molar-refractivity contribution is 9.10. The Balaban J connectivity index is 2.13. The largest absolute Gasteiger partial charge is 0.352 e. The van der Waals surface area contributed by atoms with Crippen molar-refractivity contribution in [2.45, 2.75) is 78.4 Å². The van der Waals surface area contributed by atoms with E-state index in [-0.39, 0.29) is 17.9 Å². The zero-order valence-corrected chi connectivity index (χ0v) is 20.9. The Morgan fingerprint density at radius 2 is 1.68 bits per heavy atom. The Labute approximate surface area is 195 Å². The van der Waals surface area contributed by atoms with Crippen LogP contribution in [0.25, 0.3) is 0 Å². The Hall–Kier alpha value is -2.14. The number of hydrogen-bond donors (Lipinski definition) is 1. The van der Waals surface area contributed by atoms with Gasteiger partial charge in [0, 0.05) is 23.5 Å². The smallest absolute Gasteiger partial charge is 0.242 e. The molecule has 2 atom stereocenters. The van der Waals surface area contributed by atoms with Gasteiger partial charge in [0.05, 0.1) is 0 Å². The van der Waals surface area contributed by atoms with Crippen molar-refractivity contribution < 1.29 is 9.59 Å². The molecule has 168 valence electrons. The van der Waals surface area contributed by atoms with E-state index < -0.39 is 6.04 Å². The maximum absolute atomic E-state index is 13.2. The van der Waals surface area contributed by atoms with Gasteiger partial charge in [-0.25, -0.2) is 0 Å². The summed E-state index contributed by atoms with van der Waals surface area (Å²) in [5.74, 6) is 0.361. The number of benzene rings is 2. The van der Waals surface area contributed by atoms with E-state index in [4.69, 9.17) is 0 Å². The van der Waals surface area contributed by atoms with E-state index >= 15 is 0 Å². The summed E-state index contributed by atoms with van der Waals surface area (Å²) >= 11 is 3.49. The first-order valence-corrected chi connectivity index (χ1v) is 11.9. The number of carbonyl (C=O) groups is 2. The summed E-state index contributed by atoms with van der Waals surface area (Å²) in [4.78, 5) is 27.7. The molecule has 0 aliphatic rings. The highest BCUT2D eigenvalue weighted by atomic mass is 79.9. The van der Waals surface area contributed by atoms with Gasteiger partial charge in [-0.2, -0.15) is 0 Å². The molecule has 0 bridgehead atoms. The van der Waals surface area contributed by atoms with Gasteiger partial charge in [-0.05, 0) is 61.4 Å². The molecular weight excluding hydrogens is 452 g/mol. The van der Waals surface area contributed by atoms with Crippen molar-refractivity contribution >= 4 is 27.7 Å². The molecule has 2 aromatic rings. The molecule has 0 radical (unpaired) electrons. The summed E-state index contributed by atoms with van der Waals surface area (Å²) in [6.07, 6.45) is 1.88. The number of nitrogens with one attached hydrogen (secondary N) is 1. The van der Waals surface area contributed by atoms with Crippen molar-refractivity contribution in [1.82, 2.24) is 10.2 Å². The number of nitrogens with zero attached hydrogens (tertiary/aromatic N) is 1. The van der Waals surface area contributed by atoms with Crippen molar-refractivity contribution in [3.8, 4) is 0 Å². The minimum absolute atomic E-state index is 0.0142. The average Bonchev–Trinajstić information content (AvgIpc) is 2.75. The molecule has 0 heterocycles. The van der Waals surface area contributed by atoms with Crippen LogP contribution in [0.2, 0.25) is 0 Å². The third kappa shape index (κ3) is 7.80. The predicted octanol–water partition coefficient (Wildman–Crippen LogP) is 5.84. The van der Waals surface area contributed by atoms with E-state index in [0.29, 0.717) is 25.3 Å². The Kier molecular flexibility index (Phi) is 9.76. The molecule has 0 aliphatic carbocycles. The summed E-state index contributed by atoms with van der Waals surface area (Å²) < 4.78 is 0.958. The van der Waals surface area contributed by atoms with Crippen LogP contribution in [0.15, 0.2) is 53.0 Å². The van der Waals surface area contributed by atoms with Crippen LogP contribution in [0.1, 0.15) is 70.1 Å². The molecule has 0 fully saturated rings. The molecule has 0 aromatic heterocycles. The monoisotopic (exact) mass is 486 g/mol. The van der Waals surface area contributed by atoms with E-state index in [1.54, 1.807) is 4.90 Å². The van der Waals surface area contributed by atoms with Gasteiger partial charge in [0.25, 0.3) is 0 Å². The summed E-state index contributed by atoms with van der Waals surface area (Å²) in [5.41, 5.74) is 3.42. The van der Waals surface area contributed by atoms with Gasteiger partial charge in [0.2, 0.25) is 11.8 Å². The second-order valence-electron chi connectivity index (χ2n) is 8.54. The van der Waals surface area contributed by atoms with Gasteiger partial charge in [-0.15, -0.1) is 0 Å². The minimum atomic E-state index is -0.538. The molecule has 0 saturated carbocycles. The number of carbonyl (C=O) groups excluding carboxylic acids is 2. The van der Waals surface area contributed by atoms with Gasteiger partial charge in [0.1, 0.15) is 6.04 Å². The third-order valence-electron chi connectivity index (χ3n) is 5.68. The number of aryl methyl sites for hydroxylation is 1. The lowest BCUT2D eigenvalue weighted by Crippen LogP contribution is -2.49. The van der Waals surface area contributed by atoms with Crippen molar-refractivity contribution in [3.05, 3.63) is 69.7 Å². The van der Waals surface area contributed by atoms with E-state index in [9.17, 15) is 9.59 Å². The van der Waals surface area contributed by atoms with Crippen LogP contribution in [-0.2, 0) is 22.6 Å². The Morgan fingerprint density at radius 3 is 2.26 bits per heavy atom. The second kappa shape index (κ2) is 12.0. The molecule has 2 amide bonds. The molecule has 0 aliphatic heterocycles. The van der Waals surface area contributed by atoms with Crippen molar-refractivity contribution in [2.24, 2.45) is 0 Å². The zero-order chi connectivity index (χ0) is 23.0. The lowest BCUT2D eigenvalue weighted by atomic mass is 10.00. The van der Waals surface area contributed by atoms with Crippen LogP contribution in [0.5, 0.6) is 0 Å². The Bertz CT molecular complexity index is 864. The molecule has 4 nitrogen and oxygen atoms in total. The lowest BCUT2D eigenvalue weighted by molar-refractivity contribution is -0.140. The van der Waals surface area contributed by atoms with Crippen molar-refractivity contribution in [2.75, 3.05) is 0 Å². The number of halogens is 1. The fourth-order valence-corrected chi connectivity index (χ4v) is 3.79. The van der Waals surface area contributed by atoms with Crippen molar-refractivity contribution in [1.29, 1.82) is 0 Å². The van der Waals surface area contributed by atoms with Crippen LogP contribution in [0, 0.1) is 0 Å². The average molecular weight is 487 g/mol. The first kappa shape index (κ1) is 25.1. The molecule has 0 unspecified atom stereocenters. The molecule has 1 N–H and O–H groups in total. The second-order valence-corrected chi connectivity index (χ2v) is 9.46. The number of amides is 2. The standard InChI is InChI=1S/C26H35BrN2O2/c1-6-19(4)28-26(31)20(5)29(17-22-8-7-9-24(27)16-22)25(30)15-12-21-10-13-23(14-11-21)18(2)3/h7-11,13-14,16,18-20H,6,12,15,17H2,1-5H3,(H,28,31)/t19-,20+/m0/s1. The number of hydrogen-bond acceptors (Lipinski definition) is 2. The fourth-order valence-electron chi connectivity index (χ4n) is 3.34. The van der Waals surface area contributed by atoms with E-state index in [1.165, 1.54) is 5.56 Å².